The van der Waals surface area contributed by atoms with Crippen molar-refractivity contribution in [3.8, 4) is 6.07 Å². The topological polar surface area (TPSA) is 44.0 Å². The molecule has 0 aromatic heterocycles. The molecule has 0 aromatic rings. The van der Waals surface area contributed by atoms with Gasteiger partial charge in [0.1, 0.15) is 0 Å². The van der Waals surface area contributed by atoms with E-state index in [1.165, 1.54) is 0 Å². The highest BCUT2D eigenvalue weighted by atomic mass is 16.3. The predicted molar refractivity (Wildman–Crippen MR) is 70.3 cm³/mol. The molecule has 2 nitrogen and oxygen atoms in total. The molecule has 2 heteroatoms. The highest BCUT2D eigenvalue weighted by Gasteiger charge is 2.46. The van der Waals surface area contributed by atoms with Crippen molar-refractivity contribution in [3.63, 3.8) is 0 Å². The highest BCUT2D eigenvalue weighted by molar-refractivity contribution is 5.09. The van der Waals surface area contributed by atoms with Crippen LogP contribution in [0.15, 0.2) is 0 Å². The van der Waals surface area contributed by atoms with Crippen molar-refractivity contribution >= 4 is 0 Å². The molecule has 0 spiro atoms. The minimum absolute atomic E-state index is 0.227. The molecule has 0 amide bonds. The lowest BCUT2D eigenvalue weighted by molar-refractivity contribution is 0.0129. The van der Waals surface area contributed by atoms with E-state index in [-0.39, 0.29) is 5.92 Å². The monoisotopic (exact) mass is 237 g/mol. The quantitative estimate of drug-likeness (QED) is 0.791. The Balaban J connectivity index is 2.71. The molecule has 4 atom stereocenters. The first-order valence-electron chi connectivity index (χ1n) is 7.04. The predicted octanol–water partition coefficient (Wildman–Crippen LogP) is 3.75. The molecule has 4 unspecified atom stereocenters. The molecule has 0 saturated heterocycles. The number of rotatable bonds is 5. The van der Waals surface area contributed by atoms with Gasteiger partial charge in [0, 0.05) is 0 Å². The zero-order valence-electron chi connectivity index (χ0n) is 11.7. The van der Waals surface area contributed by atoms with Crippen LogP contribution in [0, 0.1) is 34.5 Å². The van der Waals surface area contributed by atoms with Gasteiger partial charge in [0.05, 0.1) is 17.6 Å². The lowest BCUT2D eigenvalue weighted by Crippen LogP contribution is -2.37. The number of aliphatic hydroxyl groups is 1. The maximum Gasteiger partial charge on any atom is 0.0837 e. The first kappa shape index (κ1) is 14.5. The van der Waals surface area contributed by atoms with Gasteiger partial charge in [-0.2, -0.15) is 5.26 Å². The number of nitriles is 1. The molecule has 0 heterocycles. The van der Waals surface area contributed by atoms with Crippen LogP contribution in [0.3, 0.4) is 0 Å². The molecule has 1 fully saturated rings. The van der Waals surface area contributed by atoms with Gasteiger partial charge in [0.25, 0.3) is 0 Å². The smallest absolute Gasteiger partial charge is 0.0837 e. The van der Waals surface area contributed by atoms with Crippen molar-refractivity contribution in [2.24, 2.45) is 23.2 Å². The van der Waals surface area contributed by atoms with Crippen molar-refractivity contribution in [1.29, 1.82) is 5.26 Å². The fraction of sp³-hybridized carbons (Fsp3) is 0.933. The van der Waals surface area contributed by atoms with Gasteiger partial charge in [-0.05, 0) is 43.4 Å². The van der Waals surface area contributed by atoms with E-state index in [1.807, 2.05) is 0 Å². The first-order valence-corrected chi connectivity index (χ1v) is 7.04. The van der Waals surface area contributed by atoms with Crippen LogP contribution < -0.4 is 0 Å². The van der Waals surface area contributed by atoms with E-state index in [0.717, 1.165) is 32.1 Å². The molecule has 1 aliphatic carbocycles. The summed E-state index contributed by atoms with van der Waals surface area (Å²) in [5.74, 6) is 1.44. The Labute approximate surface area is 106 Å². The number of aliphatic hydroxyl groups excluding tert-OH is 1. The Morgan fingerprint density at radius 2 is 2.06 bits per heavy atom. The van der Waals surface area contributed by atoms with Crippen molar-refractivity contribution in [2.75, 3.05) is 0 Å². The second-order valence-corrected chi connectivity index (χ2v) is 6.34. The summed E-state index contributed by atoms with van der Waals surface area (Å²) in [6.07, 6.45) is 4.56. The summed E-state index contributed by atoms with van der Waals surface area (Å²) in [5, 5.41) is 20.0. The molecule has 0 aliphatic heterocycles. The molecule has 1 aliphatic rings. The standard InChI is InChI=1S/C15H27NO/c1-5-13-6-7-15(9-13,10-16)14(17)12(4)8-11(2)3/h11-14,17H,5-9H2,1-4H3. The Morgan fingerprint density at radius 3 is 2.47 bits per heavy atom. The molecule has 98 valence electrons. The Hall–Kier alpha value is -0.550. The summed E-state index contributed by atoms with van der Waals surface area (Å²) in [7, 11) is 0. The second kappa shape index (κ2) is 5.87. The minimum atomic E-state index is -0.463. The third kappa shape index (κ3) is 3.22. The summed E-state index contributed by atoms with van der Waals surface area (Å²) < 4.78 is 0. The van der Waals surface area contributed by atoms with Crippen LogP contribution in [0.25, 0.3) is 0 Å². The van der Waals surface area contributed by atoms with Gasteiger partial charge in [0.2, 0.25) is 0 Å². The second-order valence-electron chi connectivity index (χ2n) is 6.34. The number of hydrogen-bond donors (Lipinski definition) is 1. The van der Waals surface area contributed by atoms with Crippen LogP contribution in [0.4, 0.5) is 0 Å². The van der Waals surface area contributed by atoms with Gasteiger partial charge in [-0.15, -0.1) is 0 Å². The van der Waals surface area contributed by atoms with E-state index in [4.69, 9.17) is 0 Å². The van der Waals surface area contributed by atoms with Crippen LogP contribution in [0.2, 0.25) is 0 Å². The molecule has 1 rings (SSSR count). The molecule has 1 N–H and O–H groups in total. The zero-order chi connectivity index (χ0) is 13.1. The van der Waals surface area contributed by atoms with Crippen LogP contribution in [0.1, 0.15) is 59.8 Å². The number of nitrogens with zero attached hydrogens (tertiary/aromatic N) is 1. The van der Waals surface area contributed by atoms with Crippen molar-refractivity contribution in [2.45, 2.75) is 65.9 Å². The minimum Gasteiger partial charge on any atom is -0.391 e. The van der Waals surface area contributed by atoms with Crippen LogP contribution >= 0.6 is 0 Å². The summed E-state index contributed by atoms with van der Waals surface area (Å²) in [4.78, 5) is 0. The van der Waals surface area contributed by atoms with Crippen LogP contribution in [0.5, 0.6) is 0 Å². The SMILES string of the molecule is CCC1CCC(C#N)(C(O)C(C)CC(C)C)C1. The average Bonchev–Trinajstić information content (AvgIpc) is 2.72. The highest BCUT2D eigenvalue weighted by Crippen LogP contribution is 2.47. The van der Waals surface area contributed by atoms with E-state index in [9.17, 15) is 10.4 Å². The Morgan fingerprint density at radius 1 is 1.41 bits per heavy atom. The summed E-state index contributed by atoms with van der Waals surface area (Å²) in [6, 6.07) is 2.45. The molecule has 0 radical (unpaired) electrons. The van der Waals surface area contributed by atoms with E-state index in [2.05, 4.69) is 33.8 Å². The molecular weight excluding hydrogens is 210 g/mol. The Bertz CT molecular complexity index is 281. The van der Waals surface area contributed by atoms with Crippen molar-refractivity contribution < 1.29 is 5.11 Å². The molecule has 17 heavy (non-hydrogen) atoms. The summed E-state index contributed by atoms with van der Waals surface area (Å²) in [6.45, 7) is 8.61. The maximum absolute atomic E-state index is 10.5. The fourth-order valence-electron chi connectivity index (χ4n) is 3.38. The van der Waals surface area contributed by atoms with E-state index >= 15 is 0 Å². The van der Waals surface area contributed by atoms with Crippen LogP contribution in [-0.2, 0) is 0 Å². The lowest BCUT2D eigenvalue weighted by atomic mass is 9.74. The lowest BCUT2D eigenvalue weighted by Gasteiger charge is -2.32. The molecule has 1 saturated carbocycles. The van der Waals surface area contributed by atoms with Gasteiger partial charge >= 0.3 is 0 Å². The molecule has 0 aromatic carbocycles. The maximum atomic E-state index is 10.5. The third-order valence-corrected chi connectivity index (χ3v) is 4.40. The van der Waals surface area contributed by atoms with Crippen molar-refractivity contribution in [1.82, 2.24) is 0 Å². The summed E-state index contributed by atoms with van der Waals surface area (Å²) in [5.41, 5.74) is -0.463. The zero-order valence-corrected chi connectivity index (χ0v) is 11.7. The van der Waals surface area contributed by atoms with Gasteiger partial charge in [-0.25, -0.2) is 0 Å². The van der Waals surface area contributed by atoms with Gasteiger partial charge in [0.15, 0.2) is 0 Å². The summed E-state index contributed by atoms with van der Waals surface area (Å²) >= 11 is 0. The van der Waals surface area contributed by atoms with Gasteiger partial charge in [-0.1, -0.05) is 34.1 Å². The first-order chi connectivity index (χ1) is 7.95. The van der Waals surface area contributed by atoms with Crippen molar-refractivity contribution in [3.05, 3.63) is 0 Å². The molecule has 0 bridgehead atoms. The van der Waals surface area contributed by atoms with E-state index in [0.29, 0.717) is 11.8 Å². The fourth-order valence-corrected chi connectivity index (χ4v) is 3.38. The van der Waals surface area contributed by atoms with E-state index < -0.39 is 11.5 Å². The largest absolute Gasteiger partial charge is 0.391 e. The normalized spacial score (nSPS) is 32.4. The van der Waals surface area contributed by atoms with Gasteiger partial charge in [-0.3, -0.25) is 0 Å². The third-order valence-electron chi connectivity index (χ3n) is 4.40. The molecular formula is C15H27NO. The Kier molecular flexibility index (Phi) is 5.01. The average molecular weight is 237 g/mol. The number of hydrogen-bond acceptors (Lipinski definition) is 2. The van der Waals surface area contributed by atoms with Gasteiger partial charge < -0.3 is 5.11 Å². The van der Waals surface area contributed by atoms with E-state index in [1.54, 1.807) is 0 Å². The van der Waals surface area contributed by atoms with Crippen LogP contribution in [-0.4, -0.2) is 11.2 Å².